The molecule has 0 aliphatic carbocycles. The zero-order valence-electron chi connectivity index (χ0n) is 17.1. The highest BCUT2D eigenvalue weighted by Crippen LogP contribution is 2.30. The summed E-state index contributed by atoms with van der Waals surface area (Å²) in [4.78, 5) is 16.2. The number of benzene rings is 2. The summed E-state index contributed by atoms with van der Waals surface area (Å²) in [5.74, 6) is 0.598. The standard InChI is InChI=1S/C22H25N5O2/c1-5-29-20(28)15-10-12-16(13-11-15)24-19-14-23-27-21(26-19)25-18-9-7-6-8-17(18)22(2,3)4/h6-14H,5H2,1-4H3,(H2,24,25,26,27). The van der Waals surface area contributed by atoms with E-state index < -0.39 is 0 Å². The molecule has 3 aromatic rings. The number of nitrogens with zero attached hydrogens (tertiary/aromatic N) is 3. The van der Waals surface area contributed by atoms with Gasteiger partial charge in [0.05, 0.1) is 18.4 Å². The average Bonchev–Trinajstić information content (AvgIpc) is 2.69. The average molecular weight is 391 g/mol. The maximum absolute atomic E-state index is 11.7. The van der Waals surface area contributed by atoms with Gasteiger partial charge in [-0.3, -0.25) is 0 Å². The van der Waals surface area contributed by atoms with E-state index >= 15 is 0 Å². The molecule has 0 radical (unpaired) electrons. The number of carbonyl (C=O) groups excluding carboxylic acids is 1. The summed E-state index contributed by atoms with van der Waals surface area (Å²) < 4.78 is 4.99. The van der Waals surface area contributed by atoms with Crippen molar-refractivity contribution >= 4 is 29.1 Å². The van der Waals surface area contributed by atoms with Crippen molar-refractivity contribution in [3.63, 3.8) is 0 Å². The molecule has 0 bridgehead atoms. The molecule has 150 valence electrons. The molecule has 2 N–H and O–H groups in total. The molecule has 0 saturated heterocycles. The maximum Gasteiger partial charge on any atom is 0.338 e. The van der Waals surface area contributed by atoms with Crippen molar-refractivity contribution in [2.24, 2.45) is 0 Å². The van der Waals surface area contributed by atoms with Crippen LogP contribution in [0.1, 0.15) is 43.6 Å². The van der Waals surface area contributed by atoms with Crippen LogP contribution in [0.2, 0.25) is 0 Å². The van der Waals surface area contributed by atoms with E-state index in [2.05, 4.69) is 52.7 Å². The van der Waals surface area contributed by atoms with Gasteiger partial charge in [-0.25, -0.2) is 4.79 Å². The first-order valence-corrected chi connectivity index (χ1v) is 9.47. The zero-order chi connectivity index (χ0) is 20.9. The smallest absolute Gasteiger partial charge is 0.338 e. The summed E-state index contributed by atoms with van der Waals surface area (Å²) in [6, 6.07) is 15.1. The number of para-hydroxylation sites is 1. The number of aromatic nitrogens is 3. The van der Waals surface area contributed by atoms with E-state index in [0.29, 0.717) is 23.9 Å². The van der Waals surface area contributed by atoms with Crippen LogP contribution in [0.4, 0.5) is 23.1 Å². The van der Waals surface area contributed by atoms with Gasteiger partial charge in [-0.15, -0.1) is 5.10 Å². The van der Waals surface area contributed by atoms with Crippen LogP contribution in [0, 0.1) is 0 Å². The molecule has 0 saturated carbocycles. The van der Waals surface area contributed by atoms with Crippen molar-refractivity contribution in [2.45, 2.75) is 33.1 Å². The third-order valence-corrected chi connectivity index (χ3v) is 4.21. The van der Waals surface area contributed by atoms with Crippen LogP contribution >= 0.6 is 0 Å². The summed E-state index contributed by atoms with van der Waals surface area (Å²) in [7, 11) is 0. The van der Waals surface area contributed by atoms with Crippen molar-refractivity contribution in [3.8, 4) is 0 Å². The maximum atomic E-state index is 11.7. The van der Waals surface area contributed by atoms with Crippen LogP contribution < -0.4 is 10.6 Å². The van der Waals surface area contributed by atoms with Crippen molar-refractivity contribution in [3.05, 3.63) is 65.9 Å². The van der Waals surface area contributed by atoms with Gasteiger partial charge >= 0.3 is 5.97 Å². The highest BCUT2D eigenvalue weighted by Gasteiger charge is 2.18. The van der Waals surface area contributed by atoms with Gasteiger partial charge in [-0.1, -0.05) is 39.0 Å². The minimum atomic E-state index is -0.341. The molecule has 3 rings (SSSR count). The highest BCUT2D eigenvalue weighted by molar-refractivity contribution is 5.89. The van der Waals surface area contributed by atoms with Gasteiger partial charge in [0, 0.05) is 11.4 Å². The number of anilines is 4. The normalized spacial score (nSPS) is 11.0. The lowest BCUT2D eigenvalue weighted by Crippen LogP contribution is -2.14. The van der Waals surface area contributed by atoms with E-state index in [1.807, 2.05) is 18.2 Å². The van der Waals surface area contributed by atoms with E-state index in [-0.39, 0.29) is 11.4 Å². The third-order valence-electron chi connectivity index (χ3n) is 4.21. The summed E-state index contributed by atoms with van der Waals surface area (Å²) >= 11 is 0. The Labute approximate surface area is 170 Å². The molecule has 29 heavy (non-hydrogen) atoms. The summed E-state index contributed by atoms with van der Waals surface area (Å²) in [6.07, 6.45) is 1.54. The Morgan fingerprint density at radius 2 is 1.76 bits per heavy atom. The Balaban J connectivity index is 1.75. The van der Waals surface area contributed by atoms with Crippen molar-refractivity contribution in [1.29, 1.82) is 0 Å². The molecule has 1 aromatic heterocycles. The first-order valence-electron chi connectivity index (χ1n) is 9.47. The predicted molar refractivity (Wildman–Crippen MR) is 114 cm³/mol. The van der Waals surface area contributed by atoms with E-state index in [0.717, 1.165) is 16.9 Å². The molecule has 0 spiro atoms. The lowest BCUT2D eigenvalue weighted by molar-refractivity contribution is 0.0526. The number of hydrogen-bond acceptors (Lipinski definition) is 7. The summed E-state index contributed by atoms with van der Waals surface area (Å²) in [5.41, 5.74) is 3.36. The fourth-order valence-corrected chi connectivity index (χ4v) is 2.84. The number of nitrogens with one attached hydrogen (secondary N) is 2. The molecule has 7 heteroatoms. The molecular formula is C22H25N5O2. The lowest BCUT2D eigenvalue weighted by Gasteiger charge is -2.22. The van der Waals surface area contributed by atoms with Gasteiger partial charge in [-0.2, -0.15) is 10.1 Å². The third kappa shape index (κ3) is 5.28. The van der Waals surface area contributed by atoms with Crippen molar-refractivity contribution < 1.29 is 9.53 Å². The Bertz CT molecular complexity index is 981. The first kappa shape index (κ1) is 20.3. The summed E-state index contributed by atoms with van der Waals surface area (Å²) in [5, 5.41) is 14.5. The Morgan fingerprint density at radius 1 is 1.03 bits per heavy atom. The predicted octanol–water partition coefficient (Wildman–Crippen LogP) is 4.83. The lowest BCUT2D eigenvalue weighted by atomic mass is 9.86. The number of rotatable bonds is 6. The second-order valence-corrected chi connectivity index (χ2v) is 7.51. The van der Waals surface area contributed by atoms with Crippen LogP contribution in [0.25, 0.3) is 0 Å². The van der Waals surface area contributed by atoms with Crippen LogP contribution in [0.3, 0.4) is 0 Å². The highest BCUT2D eigenvalue weighted by atomic mass is 16.5. The second kappa shape index (κ2) is 8.68. The number of esters is 1. The van der Waals surface area contributed by atoms with Crippen LogP contribution in [-0.2, 0) is 10.2 Å². The van der Waals surface area contributed by atoms with E-state index in [1.54, 1.807) is 37.4 Å². The summed E-state index contributed by atoms with van der Waals surface area (Å²) in [6.45, 7) is 8.60. The first-order chi connectivity index (χ1) is 13.9. The minimum Gasteiger partial charge on any atom is -0.462 e. The number of carbonyl (C=O) groups is 1. The van der Waals surface area contributed by atoms with Gasteiger partial charge in [-0.05, 0) is 48.2 Å². The van der Waals surface area contributed by atoms with Crippen LogP contribution in [0.5, 0.6) is 0 Å². The van der Waals surface area contributed by atoms with E-state index in [9.17, 15) is 4.79 Å². The fourth-order valence-electron chi connectivity index (χ4n) is 2.84. The van der Waals surface area contributed by atoms with Gasteiger partial charge in [0.1, 0.15) is 0 Å². The molecule has 2 aromatic carbocycles. The molecule has 7 nitrogen and oxygen atoms in total. The zero-order valence-corrected chi connectivity index (χ0v) is 17.1. The Kier molecular flexibility index (Phi) is 6.07. The molecule has 0 aliphatic heterocycles. The van der Waals surface area contributed by atoms with Gasteiger partial charge < -0.3 is 15.4 Å². The quantitative estimate of drug-likeness (QED) is 0.582. The fraction of sp³-hybridized carbons (Fsp3) is 0.273. The van der Waals surface area contributed by atoms with Gasteiger partial charge in [0.25, 0.3) is 0 Å². The molecule has 1 heterocycles. The Morgan fingerprint density at radius 3 is 2.45 bits per heavy atom. The van der Waals surface area contributed by atoms with Crippen LogP contribution in [0.15, 0.2) is 54.7 Å². The van der Waals surface area contributed by atoms with E-state index in [1.165, 1.54) is 0 Å². The van der Waals surface area contributed by atoms with Gasteiger partial charge in [0.15, 0.2) is 5.82 Å². The molecule has 0 aliphatic rings. The monoisotopic (exact) mass is 391 g/mol. The van der Waals surface area contributed by atoms with Crippen molar-refractivity contribution in [2.75, 3.05) is 17.2 Å². The molecule has 0 amide bonds. The molecule has 0 atom stereocenters. The van der Waals surface area contributed by atoms with Gasteiger partial charge in [0.2, 0.25) is 5.95 Å². The van der Waals surface area contributed by atoms with Crippen LogP contribution in [-0.4, -0.2) is 27.8 Å². The molecule has 0 unspecified atom stereocenters. The molecular weight excluding hydrogens is 366 g/mol. The molecule has 0 fully saturated rings. The van der Waals surface area contributed by atoms with Crippen molar-refractivity contribution in [1.82, 2.24) is 15.2 Å². The number of ether oxygens (including phenoxy) is 1. The second-order valence-electron chi connectivity index (χ2n) is 7.51. The SMILES string of the molecule is CCOC(=O)c1ccc(Nc2cnnc(Nc3ccccc3C(C)(C)C)n2)cc1. The number of hydrogen-bond donors (Lipinski definition) is 2. The van der Waals surface area contributed by atoms with E-state index in [4.69, 9.17) is 4.74 Å². The topological polar surface area (TPSA) is 89.0 Å². The largest absolute Gasteiger partial charge is 0.462 e. The minimum absolute atomic E-state index is 0.0203. The Hall–Kier alpha value is -3.48.